The summed E-state index contributed by atoms with van der Waals surface area (Å²) in [7, 11) is 1.58. The summed E-state index contributed by atoms with van der Waals surface area (Å²) in [6.45, 7) is 2.46. The van der Waals surface area contributed by atoms with Gasteiger partial charge in [-0.05, 0) is 30.9 Å². The second-order valence-electron chi connectivity index (χ2n) is 7.80. The smallest absolute Gasteiger partial charge is 0.249 e. The Morgan fingerprint density at radius 2 is 2.17 bits per heavy atom. The SMILES string of the molecule is COc1cncc(-c2cn3nccc3c(N3C[C@@H](C)[C@@](C#N)(C4CC4)C3=O)n2)c1. The number of hydrogen-bond acceptors (Lipinski definition) is 6. The van der Waals surface area contributed by atoms with Crippen LogP contribution in [0.4, 0.5) is 5.82 Å². The standard InChI is InChI=1S/C21H20N6O2/c1-13-10-26(20(28)21(13,12-22)15-3-4-15)19-18-5-6-24-27(18)11-17(25-19)14-7-16(29-2)9-23-8-14/h5-9,11,13,15H,3-4,10H2,1-2H3/t13-,21+/m1/s1. The first-order valence-electron chi connectivity index (χ1n) is 9.65. The molecule has 0 bridgehead atoms. The second-order valence-corrected chi connectivity index (χ2v) is 7.80. The van der Waals surface area contributed by atoms with Crippen molar-refractivity contribution < 1.29 is 9.53 Å². The Labute approximate surface area is 167 Å². The molecular weight excluding hydrogens is 368 g/mol. The fraction of sp³-hybridized carbons (Fsp3) is 0.381. The number of aromatic nitrogens is 4. The van der Waals surface area contributed by atoms with Crippen molar-refractivity contribution in [1.82, 2.24) is 19.6 Å². The molecule has 4 heterocycles. The van der Waals surface area contributed by atoms with E-state index in [0.717, 1.165) is 23.9 Å². The van der Waals surface area contributed by atoms with E-state index >= 15 is 0 Å². The van der Waals surface area contributed by atoms with Gasteiger partial charge < -0.3 is 4.74 Å². The number of amides is 1. The van der Waals surface area contributed by atoms with Crippen LogP contribution in [0.3, 0.4) is 0 Å². The number of pyridine rings is 1. The van der Waals surface area contributed by atoms with Crippen LogP contribution in [0, 0.1) is 28.6 Å². The number of fused-ring (bicyclic) bond motifs is 1. The Balaban J connectivity index is 1.65. The van der Waals surface area contributed by atoms with Gasteiger partial charge in [-0.1, -0.05) is 6.92 Å². The van der Waals surface area contributed by atoms with Gasteiger partial charge in [-0.15, -0.1) is 0 Å². The van der Waals surface area contributed by atoms with Crippen molar-refractivity contribution in [2.75, 3.05) is 18.6 Å². The first-order chi connectivity index (χ1) is 14.1. The number of anilines is 1. The molecule has 1 amide bonds. The molecule has 2 aliphatic rings. The van der Waals surface area contributed by atoms with E-state index in [2.05, 4.69) is 16.2 Å². The Hall–Kier alpha value is -3.47. The summed E-state index contributed by atoms with van der Waals surface area (Å²) in [6.07, 6.45) is 8.67. The number of ether oxygens (including phenoxy) is 1. The molecule has 0 N–H and O–H groups in total. The predicted molar refractivity (Wildman–Crippen MR) is 105 cm³/mol. The summed E-state index contributed by atoms with van der Waals surface area (Å²) in [4.78, 5) is 24.1. The van der Waals surface area contributed by atoms with Gasteiger partial charge in [0.2, 0.25) is 5.91 Å². The van der Waals surface area contributed by atoms with Gasteiger partial charge in [-0.3, -0.25) is 14.7 Å². The third kappa shape index (κ3) is 2.50. The molecule has 1 saturated heterocycles. The molecule has 0 radical (unpaired) electrons. The number of nitrogens with zero attached hydrogens (tertiary/aromatic N) is 6. The van der Waals surface area contributed by atoms with Crippen LogP contribution in [0.15, 0.2) is 36.9 Å². The van der Waals surface area contributed by atoms with Crippen molar-refractivity contribution >= 4 is 17.2 Å². The highest BCUT2D eigenvalue weighted by molar-refractivity contribution is 6.04. The Morgan fingerprint density at radius 1 is 1.34 bits per heavy atom. The van der Waals surface area contributed by atoms with Crippen LogP contribution in [-0.4, -0.2) is 39.1 Å². The molecule has 0 unspecified atom stereocenters. The molecule has 2 atom stereocenters. The molecule has 1 aliphatic carbocycles. The normalized spacial score (nSPS) is 24.1. The van der Waals surface area contributed by atoms with Gasteiger partial charge >= 0.3 is 0 Å². The van der Waals surface area contributed by atoms with Crippen LogP contribution in [-0.2, 0) is 4.79 Å². The molecule has 8 nitrogen and oxygen atoms in total. The van der Waals surface area contributed by atoms with E-state index in [-0.39, 0.29) is 17.7 Å². The van der Waals surface area contributed by atoms with E-state index in [4.69, 9.17) is 9.72 Å². The number of carbonyl (C=O) groups is 1. The van der Waals surface area contributed by atoms with Gasteiger partial charge in [-0.25, -0.2) is 9.50 Å². The highest BCUT2D eigenvalue weighted by atomic mass is 16.5. The van der Waals surface area contributed by atoms with Crippen molar-refractivity contribution in [3.05, 3.63) is 36.9 Å². The minimum atomic E-state index is -0.952. The zero-order valence-electron chi connectivity index (χ0n) is 16.2. The first kappa shape index (κ1) is 17.6. The quantitative estimate of drug-likeness (QED) is 0.682. The molecule has 1 saturated carbocycles. The van der Waals surface area contributed by atoms with Crippen LogP contribution < -0.4 is 9.64 Å². The molecular formula is C21H20N6O2. The first-order valence-corrected chi connectivity index (χ1v) is 9.65. The molecule has 8 heteroatoms. The summed E-state index contributed by atoms with van der Waals surface area (Å²) < 4.78 is 6.98. The minimum Gasteiger partial charge on any atom is -0.495 e. The fourth-order valence-corrected chi connectivity index (χ4v) is 4.40. The minimum absolute atomic E-state index is 0.0561. The second kappa shape index (κ2) is 6.27. The van der Waals surface area contributed by atoms with Gasteiger partial charge in [0.15, 0.2) is 5.82 Å². The average Bonchev–Trinajstić information content (AvgIpc) is 3.42. The lowest BCUT2D eigenvalue weighted by atomic mass is 9.75. The molecule has 5 rings (SSSR count). The Morgan fingerprint density at radius 3 is 2.90 bits per heavy atom. The van der Waals surface area contributed by atoms with Crippen molar-refractivity contribution in [3.63, 3.8) is 0 Å². The molecule has 3 aromatic rings. The van der Waals surface area contributed by atoms with Gasteiger partial charge in [0.25, 0.3) is 0 Å². The van der Waals surface area contributed by atoms with Crippen LogP contribution in [0.5, 0.6) is 5.75 Å². The van der Waals surface area contributed by atoms with Gasteiger partial charge in [0.05, 0.1) is 37.5 Å². The molecule has 2 fully saturated rings. The fourth-order valence-electron chi connectivity index (χ4n) is 4.40. The van der Waals surface area contributed by atoms with E-state index in [1.165, 1.54) is 0 Å². The lowest BCUT2D eigenvalue weighted by Gasteiger charge is -2.23. The number of nitriles is 1. The Bertz CT molecular complexity index is 1160. The molecule has 1 aliphatic heterocycles. The maximum atomic E-state index is 13.5. The average molecular weight is 388 g/mol. The molecule has 0 spiro atoms. The van der Waals surface area contributed by atoms with Crippen LogP contribution >= 0.6 is 0 Å². The topological polar surface area (TPSA) is 96.4 Å². The lowest BCUT2D eigenvalue weighted by molar-refractivity contribution is -0.124. The van der Waals surface area contributed by atoms with E-state index in [1.807, 2.05) is 19.1 Å². The van der Waals surface area contributed by atoms with E-state index < -0.39 is 5.41 Å². The monoisotopic (exact) mass is 388 g/mol. The van der Waals surface area contributed by atoms with Crippen LogP contribution in [0.25, 0.3) is 16.8 Å². The van der Waals surface area contributed by atoms with E-state index in [1.54, 1.807) is 41.3 Å². The number of carbonyl (C=O) groups excluding carboxylic acids is 1. The van der Waals surface area contributed by atoms with Crippen molar-refractivity contribution in [3.8, 4) is 23.1 Å². The predicted octanol–water partition coefficient (Wildman–Crippen LogP) is 2.70. The summed E-state index contributed by atoms with van der Waals surface area (Å²) in [5, 5.41) is 14.3. The summed E-state index contributed by atoms with van der Waals surface area (Å²) in [6, 6.07) is 6.04. The molecule has 146 valence electrons. The Kier molecular flexibility index (Phi) is 3.81. The van der Waals surface area contributed by atoms with Gasteiger partial charge in [0, 0.05) is 24.2 Å². The molecule has 0 aromatic carbocycles. The maximum Gasteiger partial charge on any atom is 0.249 e. The van der Waals surface area contributed by atoms with Crippen LogP contribution in [0.1, 0.15) is 19.8 Å². The van der Waals surface area contributed by atoms with Crippen LogP contribution in [0.2, 0.25) is 0 Å². The summed E-state index contributed by atoms with van der Waals surface area (Å²) >= 11 is 0. The third-order valence-electron chi connectivity index (χ3n) is 6.11. The molecule has 3 aromatic heterocycles. The molecule has 29 heavy (non-hydrogen) atoms. The van der Waals surface area contributed by atoms with Crippen molar-refractivity contribution in [1.29, 1.82) is 5.26 Å². The highest BCUT2D eigenvalue weighted by Gasteiger charge is 2.61. The van der Waals surface area contributed by atoms with Gasteiger partial charge in [0.1, 0.15) is 16.7 Å². The highest BCUT2D eigenvalue weighted by Crippen LogP contribution is 2.54. The van der Waals surface area contributed by atoms with E-state index in [9.17, 15) is 10.1 Å². The number of hydrogen-bond donors (Lipinski definition) is 0. The van der Waals surface area contributed by atoms with Crippen molar-refractivity contribution in [2.24, 2.45) is 17.3 Å². The number of methoxy groups -OCH3 is 1. The summed E-state index contributed by atoms with van der Waals surface area (Å²) in [5.74, 6) is 1.09. The van der Waals surface area contributed by atoms with Crippen molar-refractivity contribution in [2.45, 2.75) is 19.8 Å². The number of rotatable bonds is 4. The third-order valence-corrected chi connectivity index (χ3v) is 6.11. The zero-order valence-corrected chi connectivity index (χ0v) is 16.2. The maximum absolute atomic E-state index is 13.5. The largest absolute Gasteiger partial charge is 0.495 e. The van der Waals surface area contributed by atoms with E-state index in [0.29, 0.717) is 23.8 Å². The summed E-state index contributed by atoms with van der Waals surface area (Å²) in [5.41, 5.74) is 1.17. The van der Waals surface area contributed by atoms with Gasteiger partial charge in [-0.2, -0.15) is 10.4 Å². The zero-order chi connectivity index (χ0) is 20.2. The lowest BCUT2D eigenvalue weighted by Crippen LogP contribution is -2.37.